The van der Waals surface area contributed by atoms with Crippen LogP contribution in [0, 0.1) is 0 Å². The number of hydrogen-bond acceptors (Lipinski definition) is 3. The van der Waals surface area contributed by atoms with Crippen LogP contribution in [-0.4, -0.2) is 19.5 Å². The lowest BCUT2D eigenvalue weighted by atomic mass is 10.1. The van der Waals surface area contributed by atoms with Crippen molar-refractivity contribution in [2.45, 2.75) is 13.3 Å². The van der Waals surface area contributed by atoms with Gasteiger partial charge in [-0.05, 0) is 18.6 Å². The second-order valence-corrected chi connectivity index (χ2v) is 3.21. The fourth-order valence-corrected chi connectivity index (χ4v) is 1.24. The molecule has 0 aromatic heterocycles. The van der Waals surface area contributed by atoms with Gasteiger partial charge in [-0.15, -0.1) is 0 Å². The van der Waals surface area contributed by atoms with Gasteiger partial charge < -0.3 is 9.47 Å². The van der Waals surface area contributed by atoms with Crippen molar-refractivity contribution in [1.29, 1.82) is 0 Å². The van der Waals surface area contributed by atoms with Crippen molar-refractivity contribution in [2.24, 2.45) is 0 Å². The Hall–Kier alpha value is -1.77. The largest absolute Gasteiger partial charge is 0.496 e. The minimum Gasteiger partial charge on any atom is -0.496 e. The van der Waals surface area contributed by atoms with Gasteiger partial charge in [-0.1, -0.05) is 25.1 Å². The van der Waals surface area contributed by atoms with Gasteiger partial charge in [-0.3, -0.25) is 4.79 Å². The smallest absolute Gasteiger partial charge is 0.203 e. The zero-order valence-electron chi connectivity index (χ0n) is 9.60. The van der Waals surface area contributed by atoms with E-state index in [4.69, 9.17) is 9.47 Å². The van der Waals surface area contributed by atoms with E-state index in [2.05, 4.69) is 0 Å². The quantitative estimate of drug-likeness (QED) is 0.546. The zero-order chi connectivity index (χ0) is 11.8. The number of hydrogen-bond donors (Lipinski definition) is 0. The van der Waals surface area contributed by atoms with E-state index in [0.717, 1.165) is 6.42 Å². The fraction of sp³-hybridized carbons (Fsp3) is 0.308. The molecule has 0 heterocycles. The maximum Gasteiger partial charge on any atom is 0.203 e. The van der Waals surface area contributed by atoms with Gasteiger partial charge in [0, 0.05) is 0 Å². The summed E-state index contributed by atoms with van der Waals surface area (Å²) in [6.45, 7) is 2.04. The summed E-state index contributed by atoms with van der Waals surface area (Å²) in [6, 6.07) is 7.12. The highest BCUT2D eigenvalue weighted by molar-refractivity contribution is 5.99. The Balaban J connectivity index is 2.62. The number of carbonyl (C=O) groups is 1. The van der Waals surface area contributed by atoms with E-state index < -0.39 is 0 Å². The SMILES string of the molecule is CCC=COCC(=O)c1ccccc1OC. The first-order valence-electron chi connectivity index (χ1n) is 5.22. The summed E-state index contributed by atoms with van der Waals surface area (Å²) in [5.74, 6) is 0.494. The molecule has 0 radical (unpaired) electrons. The van der Waals surface area contributed by atoms with E-state index in [9.17, 15) is 4.79 Å². The Kier molecular flexibility index (Phi) is 5.12. The van der Waals surface area contributed by atoms with E-state index in [-0.39, 0.29) is 12.4 Å². The van der Waals surface area contributed by atoms with Crippen LogP contribution in [0.1, 0.15) is 23.7 Å². The van der Waals surface area contributed by atoms with Crippen LogP contribution in [0.4, 0.5) is 0 Å². The first kappa shape index (κ1) is 12.3. The number of benzene rings is 1. The molecule has 0 fully saturated rings. The maximum absolute atomic E-state index is 11.7. The minimum atomic E-state index is -0.0850. The molecule has 0 aliphatic heterocycles. The van der Waals surface area contributed by atoms with Crippen molar-refractivity contribution in [1.82, 2.24) is 0 Å². The Bertz CT molecular complexity index is 369. The highest BCUT2D eigenvalue weighted by Crippen LogP contribution is 2.17. The molecule has 0 N–H and O–H groups in total. The standard InChI is InChI=1S/C13H16O3/c1-3-4-9-16-10-12(14)11-7-5-6-8-13(11)15-2/h4-9H,3,10H2,1-2H3. The van der Waals surface area contributed by atoms with Crippen molar-refractivity contribution in [3.05, 3.63) is 42.2 Å². The number of rotatable bonds is 6. The minimum absolute atomic E-state index is 0.0386. The molecule has 0 atom stereocenters. The van der Waals surface area contributed by atoms with Gasteiger partial charge in [0.25, 0.3) is 0 Å². The van der Waals surface area contributed by atoms with Gasteiger partial charge in [-0.2, -0.15) is 0 Å². The van der Waals surface area contributed by atoms with Crippen molar-refractivity contribution >= 4 is 5.78 Å². The van der Waals surface area contributed by atoms with Gasteiger partial charge >= 0.3 is 0 Å². The van der Waals surface area contributed by atoms with Gasteiger partial charge in [-0.25, -0.2) is 0 Å². The van der Waals surface area contributed by atoms with Crippen LogP contribution < -0.4 is 4.74 Å². The van der Waals surface area contributed by atoms with E-state index in [1.54, 1.807) is 31.6 Å². The van der Waals surface area contributed by atoms with Crippen LogP contribution >= 0.6 is 0 Å². The molecule has 3 nitrogen and oxygen atoms in total. The van der Waals surface area contributed by atoms with Crippen LogP contribution in [0.3, 0.4) is 0 Å². The second-order valence-electron chi connectivity index (χ2n) is 3.21. The van der Waals surface area contributed by atoms with Crippen LogP contribution in [0.5, 0.6) is 5.75 Å². The Morgan fingerprint density at radius 3 is 2.81 bits per heavy atom. The summed E-state index contributed by atoms with van der Waals surface area (Å²) in [6.07, 6.45) is 4.30. The molecule has 86 valence electrons. The third-order valence-electron chi connectivity index (χ3n) is 2.05. The monoisotopic (exact) mass is 220 g/mol. The maximum atomic E-state index is 11.7. The second kappa shape index (κ2) is 6.67. The predicted octanol–water partition coefficient (Wildman–Crippen LogP) is 2.82. The van der Waals surface area contributed by atoms with Crippen molar-refractivity contribution in [3.63, 3.8) is 0 Å². The van der Waals surface area contributed by atoms with Crippen molar-refractivity contribution in [2.75, 3.05) is 13.7 Å². The zero-order valence-corrected chi connectivity index (χ0v) is 9.60. The first-order valence-corrected chi connectivity index (χ1v) is 5.22. The molecule has 0 aliphatic rings. The van der Waals surface area contributed by atoms with E-state index >= 15 is 0 Å². The van der Waals surface area contributed by atoms with Gasteiger partial charge in [0.2, 0.25) is 5.78 Å². The molecule has 1 rings (SSSR count). The summed E-state index contributed by atoms with van der Waals surface area (Å²) >= 11 is 0. The van der Waals surface area contributed by atoms with Crippen LogP contribution in [0.15, 0.2) is 36.6 Å². The molecule has 0 unspecified atom stereocenters. The number of allylic oxidation sites excluding steroid dienone is 1. The number of ketones is 1. The Labute approximate surface area is 95.7 Å². The average molecular weight is 220 g/mol. The molecule has 0 bridgehead atoms. The van der Waals surface area contributed by atoms with E-state index in [1.807, 2.05) is 19.1 Å². The molecule has 1 aromatic rings. The summed E-state index contributed by atoms with van der Waals surface area (Å²) in [5, 5.41) is 0. The number of ether oxygens (including phenoxy) is 2. The van der Waals surface area contributed by atoms with Crippen LogP contribution in [0.25, 0.3) is 0 Å². The molecule has 0 saturated heterocycles. The number of methoxy groups -OCH3 is 1. The molecule has 0 amide bonds. The molecular formula is C13H16O3. The fourth-order valence-electron chi connectivity index (χ4n) is 1.24. The van der Waals surface area contributed by atoms with Crippen molar-refractivity contribution < 1.29 is 14.3 Å². The topological polar surface area (TPSA) is 35.5 Å². The summed E-state index contributed by atoms with van der Waals surface area (Å²) in [4.78, 5) is 11.7. The van der Waals surface area contributed by atoms with E-state index in [0.29, 0.717) is 11.3 Å². The molecule has 3 heteroatoms. The molecular weight excluding hydrogens is 204 g/mol. The predicted molar refractivity (Wildman–Crippen MR) is 62.7 cm³/mol. The molecule has 0 aliphatic carbocycles. The van der Waals surface area contributed by atoms with Crippen LogP contribution in [0.2, 0.25) is 0 Å². The van der Waals surface area contributed by atoms with E-state index in [1.165, 1.54) is 0 Å². The third-order valence-corrected chi connectivity index (χ3v) is 2.05. The molecule has 0 saturated carbocycles. The lowest BCUT2D eigenvalue weighted by Gasteiger charge is -2.06. The highest BCUT2D eigenvalue weighted by Gasteiger charge is 2.10. The number of Topliss-reactive ketones (excluding diaryl/α,β-unsaturated/α-hetero) is 1. The van der Waals surface area contributed by atoms with Gasteiger partial charge in [0.1, 0.15) is 5.75 Å². The number of carbonyl (C=O) groups excluding carboxylic acids is 1. The molecule has 1 aromatic carbocycles. The Morgan fingerprint density at radius 2 is 2.12 bits per heavy atom. The number of para-hydroxylation sites is 1. The summed E-state index contributed by atoms with van der Waals surface area (Å²) in [7, 11) is 1.55. The normalized spacial score (nSPS) is 10.4. The van der Waals surface area contributed by atoms with Gasteiger partial charge in [0.15, 0.2) is 6.61 Å². The summed E-state index contributed by atoms with van der Waals surface area (Å²) in [5.41, 5.74) is 0.551. The third kappa shape index (κ3) is 3.42. The van der Waals surface area contributed by atoms with Crippen LogP contribution in [-0.2, 0) is 4.74 Å². The van der Waals surface area contributed by atoms with Crippen molar-refractivity contribution in [3.8, 4) is 5.75 Å². The molecule has 16 heavy (non-hydrogen) atoms. The lowest BCUT2D eigenvalue weighted by molar-refractivity contribution is 0.0883. The first-order chi connectivity index (χ1) is 7.79. The average Bonchev–Trinajstić information content (AvgIpc) is 2.34. The molecule has 0 spiro atoms. The van der Waals surface area contributed by atoms with Gasteiger partial charge in [0.05, 0.1) is 18.9 Å². The summed E-state index contributed by atoms with van der Waals surface area (Å²) < 4.78 is 10.2. The lowest BCUT2D eigenvalue weighted by Crippen LogP contribution is -2.08. The Morgan fingerprint density at radius 1 is 1.38 bits per heavy atom. The highest BCUT2D eigenvalue weighted by atomic mass is 16.5.